The fraction of sp³-hybridized carbons (Fsp3) is 0.481. The number of nitriles is 1. The van der Waals surface area contributed by atoms with Crippen molar-refractivity contribution in [3.63, 3.8) is 0 Å². The average molecular weight is 1090 g/mol. The number of H-pyrrole nitrogens is 2. The highest BCUT2D eigenvalue weighted by molar-refractivity contribution is 7.51. The smallest absolute Gasteiger partial charge is 0.405 e. The van der Waals surface area contributed by atoms with E-state index in [9.17, 15) is 24.4 Å². The molecular formula is C52H65N7O15P2. The zero-order chi connectivity index (χ0) is 54.5. The van der Waals surface area contributed by atoms with E-state index >= 15 is 4.57 Å². The highest BCUT2D eigenvalue weighted by Gasteiger charge is 2.58. The van der Waals surface area contributed by atoms with Crippen molar-refractivity contribution in [2.45, 2.75) is 121 Å². The fourth-order valence-electron chi connectivity index (χ4n) is 9.83. The second-order valence-corrected chi connectivity index (χ2v) is 22.4. The number of hydrogen-bond acceptors (Lipinski definition) is 17. The van der Waals surface area contributed by atoms with Gasteiger partial charge in [-0.3, -0.25) is 33.2 Å². The molecule has 408 valence electrons. The Balaban J connectivity index is 1.16. The number of ether oxygens (including phenoxy) is 6. The van der Waals surface area contributed by atoms with Crippen molar-refractivity contribution < 1.29 is 51.1 Å². The van der Waals surface area contributed by atoms with E-state index in [1.165, 1.54) is 28.6 Å². The van der Waals surface area contributed by atoms with Gasteiger partial charge in [-0.2, -0.15) is 5.26 Å². The van der Waals surface area contributed by atoms with Crippen LogP contribution in [0.4, 0.5) is 0 Å². The Morgan fingerprint density at radius 2 is 1.37 bits per heavy atom. The Morgan fingerprint density at radius 1 is 0.803 bits per heavy atom. The van der Waals surface area contributed by atoms with Crippen LogP contribution >= 0.6 is 16.3 Å². The lowest BCUT2D eigenvalue weighted by Crippen LogP contribution is -2.57. The van der Waals surface area contributed by atoms with Crippen LogP contribution in [0.15, 0.2) is 110 Å². The van der Waals surface area contributed by atoms with Crippen LogP contribution in [-0.2, 0) is 47.2 Å². The van der Waals surface area contributed by atoms with Gasteiger partial charge in [0.25, 0.3) is 19.6 Å². The molecule has 0 aliphatic carbocycles. The topological polar surface area (TPSA) is 258 Å². The second kappa shape index (κ2) is 24.4. The first-order valence-electron chi connectivity index (χ1n) is 24.9. The summed E-state index contributed by atoms with van der Waals surface area (Å²) < 4.78 is 83.5. The fourth-order valence-corrected chi connectivity index (χ4v) is 12.9. The lowest BCUT2D eigenvalue weighted by Gasteiger charge is -2.43. The van der Waals surface area contributed by atoms with Crippen molar-refractivity contribution in [3.8, 4) is 17.6 Å². The van der Waals surface area contributed by atoms with E-state index < -0.39 is 100.0 Å². The molecule has 10 atom stereocenters. The first-order valence-corrected chi connectivity index (χ1v) is 27.5. The van der Waals surface area contributed by atoms with Gasteiger partial charge in [0.05, 0.1) is 58.7 Å². The minimum atomic E-state index is -4.48. The lowest BCUT2D eigenvalue weighted by atomic mass is 9.79. The third kappa shape index (κ3) is 11.9. The number of rotatable bonds is 23. The molecule has 5 heterocycles. The van der Waals surface area contributed by atoms with Gasteiger partial charge in [-0.1, -0.05) is 54.6 Å². The molecule has 4 unspecified atom stereocenters. The molecule has 3 aromatic carbocycles. The Bertz CT molecular complexity index is 3050. The normalized spacial score (nSPS) is 23.7. The van der Waals surface area contributed by atoms with Crippen molar-refractivity contribution in [1.29, 1.82) is 5.26 Å². The van der Waals surface area contributed by atoms with Crippen molar-refractivity contribution >= 4 is 16.3 Å². The Kier molecular flexibility index (Phi) is 18.1. The van der Waals surface area contributed by atoms with E-state index in [1.807, 2.05) is 111 Å². The molecule has 2 bridgehead atoms. The molecule has 0 radical (unpaired) electrons. The van der Waals surface area contributed by atoms with E-state index in [0.717, 1.165) is 5.56 Å². The summed E-state index contributed by atoms with van der Waals surface area (Å²) in [6.45, 7) is 10.6. The van der Waals surface area contributed by atoms with E-state index in [-0.39, 0.29) is 49.3 Å². The highest BCUT2D eigenvalue weighted by atomic mass is 31.2. The largest absolute Gasteiger partial charge is 0.497 e. The molecular weight excluding hydrogens is 1020 g/mol. The summed E-state index contributed by atoms with van der Waals surface area (Å²) in [6, 6.07) is 25.4. The van der Waals surface area contributed by atoms with Crippen LogP contribution in [0.3, 0.4) is 0 Å². The molecule has 3 saturated heterocycles. The van der Waals surface area contributed by atoms with Gasteiger partial charge in [0.15, 0.2) is 6.23 Å². The monoisotopic (exact) mass is 1090 g/mol. The minimum Gasteiger partial charge on any atom is -0.497 e. The SMILES string of the molecule is COc1ccc(C(OC2COC3[C@H](n4cc(C)c(=O)[nH]c4=O)O[C@H]2[C@H]3NP(=O)(OC)OC[C@H]2O[C@@H](n3cc(C)c(=O)[nH]c3=O)C[C@@H]2OP(OCCC#N)N(C(C)C)C(C)C)(c2ccccc2)c2ccc(OC)cc2)cc1. The quantitative estimate of drug-likeness (QED) is 0.0381. The number of fused-ring (bicyclic) bond motifs is 2. The lowest BCUT2D eigenvalue weighted by molar-refractivity contribution is -0.151. The van der Waals surface area contributed by atoms with E-state index in [4.69, 9.17) is 46.5 Å². The molecule has 0 saturated carbocycles. The number of aromatic amines is 2. The molecule has 5 aromatic rings. The van der Waals surface area contributed by atoms with Crippen molar-refractivity contribution in [1.82, 2.24) is 28.9 Å². The Hall–Kier alpha value is -5.63. The summed E-state index contributed by atoms with van der Waals surface area (Å²) in [6.07, 6.45) is -4.22. The Morgan fingerprint density at radius 3 is 1.92 bits per heavy atom. The molecule has 3 N–H and O–H groups in total. The number of nitrogens with zero attached hydrogens (tertiary/aromatic N) is 4. The molecule has 22 nitrogen and oxygen atoms in total. The van der Waals surface area contributed by atoms with Gasteiger partial charge in [-0.15, -0.1) is 0 Å². The van der Waals surface area contributed by atoms with Crippen LogP contribution < -0.4 is 37.1 Å². The van der Waals surface area contributed by atoms with Crippen LogP contribution in [0.2, 0.25) is 0 Å². The van der Waals surface area contributed by atoms with E-state index in [1.54, 1.807) is 28.1 Å². The first kappa shape index (κ1) is 56.6. The molecule has 2 aromatic heterocycles. The summed E-state index contributed by atoms with van der Waals surface area (Å²) >= 11 is 0. The van der Waals surface area contributed by atoms with Gasteiger partial charge in [0, 0.05) is 49.1 Å². The van der Waals surface area contributed by atoms with E-state index in [0.29, 0.717) is 22.6 Å². The Labute approximate surface area is 440 Å². The number of aromatic nitrogens is 4. The zero-order valence-corrected chi connectivity index (χ0v) is 45.6. The van der Waals surface area contributed by atoms with Crippen molar-refractivity contribution in [2.75, 3.05) is 41.2 Å². The number of nitrogens with one attached hydrogen (secondary N) is 3. The van der Waals surface area contributed by atoms with Gasteiger partial charge in [0.2, 0.25) is 0 Å². The first-order chi connectivity index (χ1) is 36.4. The van der Waals surface area contributed by atoms with Gasteiger partial charge >= 0.3 is 19.1 Å². The average Bonchev–Trinajstić information content (AvgIpc) is 3.95. The van der Waals surface area contributed by atoms with Crippen LogP contribution in [0.5, 0.6) is 11.5 Å². The van der Waals surface area contributed by atoms with Gasteiger partial charge in [-0.05, 0) is 82.5 Å². The molecule has 0 spiro atoms. The van der Waals surface area contributed by atoms with Crippen molar-refractivity contribution in [3.05, 3.63) is 161 Å². The maximum Gasteiger partial charge on any atom is 0.405 e. The maximum absolute atomic E-state index is 15.3. The van der Waals surface area contributed by atoms with Gasteiger partial charge in [-0.25, -0.2) is 23.9 Å². The van der Waals surface area contributed by atoms with Crippen LogP contribution in [0, 0.1) is 25.2 Å². The third-order valence-electron chi connectivity index (χ3n) is 13.5. The standard InChI is InChI=1S/C52H65N7O15P2/c1-31(2)59(32(3)4)75(69-25-13-24-53)74-40-26-43(57-27-33(5)47(60)54-50(57)62)71-41(40)30-70-76(64,67-9)56-44-45-42(29-68-46(44)49(72-45)58-28-34(6)48(61)55-51(58)63)73-52(35-14-11-10-12-15-35,36-16-20-38(65-7)21-17-36)37-18-22-39(66-8)23-19-37/h10-12,14-23,27-28,31-32,40-46,49H,13,25-26,29-30H2,1-9H3,(H,56,64)(H,54,60,62)(H,55,61,63)/t40-,41+,42?,43+,44+,45+,46?,49+,75?,76?/m0/s1. The molecule has 3 aliphatic heterocycles. The third-order valence-corrected chi connectivity index (χ3v) is 17.2. The predicted molar refractivity (Wildman–Crippen MR) is 279 cm³/mol. The molecule has 0 amide bonds. The molecule has 24 heteroatoms. The summed E-state index contributed by atoms with van der Waals surface area (Å²) in [7, 11) is -1.97. The summed E-state index contributed by atoms with van der Waals surface area (Å²) in [5.74, 6) is 1.23. The number of hydrogen-bond donors (Lipinski definition) is 3. The molecule has 8 rings (SSSR count). The number of benzene rings is 3. The number of aryl methyl sites for hydroxylation is 2. The molecule has 3 fully saturated rings. The van der Waals surface area contributed by atoms with Crippen LogP contribution in [-0.4, -0.2) is 114 Å². The van der Waals surface area contributed by atoms with E-state index in [2.05, 4.69) is 21.1 Å². The minimum absolute atomic E-state index is 0.0588. The highest BCUT2D eigenvalue weighted by Crippen LogP contribution is 2.53. The summed E-state index contributed by atoms with van der Waals surface area (Å²) in [5.41, 5.74) is -1.35. The van der Waals surface area contributed by atoms with Crippen LogP contribution in [0.25, 0.3) is 0 Å². The summed E-state index contributed by atoms with van der Waals surface area (Å²) in [5, 5.41) is 12.5. The molecule has 3 aliphatic rings. The zero-order valence-electron chi connectivity index (χ0n) is 43.8. The molecule has 76 heavy (non-hydrogen) atoms. The predicted octanol–water partition coefficient (Wildman–Crippen LogP) is 6.07. The van der Waals surface area contributed by atoms with Crippen LogP contribution in [0.1, 0.15) is 80.8 Å². The number of methoxy groups -OCH3 is 2. The second-order valence-electron chi connectivity index (χ2n) is 19.1. The van der Waals surface area contributed by atoms with Gasteiger partial charge in [0.1, 0.15) is 47.7 Å². The summed E-state index contributed by atoms with van der Waals surface area (Å²) in [4.78, 5) is 56.6. The van der Waals surface area contributed by atoms with Gasteiger partial charge < -0.3 is 42.0 Å². The maximum atomic E-state index is 15.3. The van der Waals surface area contributed by atoms with Crippen molar-refractivity contribution in [2.24, 2.45) is 0 Å².